The Balaban J connectivity index is 0.00000316. The van der Waals surface area contributed by atoms with Gasteiger partial charge in [0.1, 0.15) is 11.5 Å². The third-order valence-electron chi connectivity index (χ3n) is 7.34. The summed E-state index contributed by atoms with van der Waals surface area (Å²) in [5.74, 6) is -0.314. The third-order valence-corrected chi connectivity index (χ3v) is 7.34. The van der Waals surface area contributed by atoms with Gasteiger partial charge >= 0.3 is 5.97 Å². The van der Waals surface area contributed by atoms with Gasteiger partial charge < -0.3 is 10.1 Å². The number of benzene rings is 4. The van der Waals surface area contributed by atoms with E-state index in [0.29, 0.717) is 5.69 Å². The minimum absolute atomic E-state index is 0. The van der Waals surface area contributed by atoms with Crippen LogP contribution in [0.3, 0.4) is 0 Å². The largest absolute Gasteiger partial charge is 0.663 e. The van der Waals surface area contributed by atoms with Crippen molar-refractivity contribution in [3.05, 3.63) is 126 Å². The average molecular weight is 729 g/mol. The second-order valence-corrected chi connectivity index (χ2v) is 10.3. The molecule has 6 nitrogen and oxygen atoms in total. The van der Waals surface area contributed by atoms with Gasteiger partial charge in [0.05, 0.1) is 16.7 Å². The molecular weight excluding hydrogens is 703 g/mol. The first-order chi connectivity index (χ1) is 20.0. The van der Waals surface area contributed by atoms with Crippen molar-refractivity contribution >= 4 is 27.9 Å². The number of para-hydroxylation sites is 2. The van der Waals surface area contributed by atoms with E-state index in [0.717, 1.165) is 66.8 Å². The molecule has 0 saturated carbocycles. The van der Waals surface area contributed by atoms with Crippen LogP contribution in [0.15, 0.2) is 109 Å². The van der Waals surface area contributed by atoms with Gasteiger partial charge in [0.15, 0.2) is 0 Å². The number of aromatic nitrogens is 4. The summed E-state index contributed by atoms with van der Waals surface area (Å²) in [7, 11) is 0. The van der Waals surface area contributed by atoms with E-state index in [1.54, 1.807) is 6.07 Å². The van der Waals surface area contributed by atoms with Crippen LogP contribution in [0.2, 0.25) is 0 Å². The van der Waals surface area contributed by atoms with Crippen LogP contribution < -0.4 is 4.98 Å². The molecule has 0 spiro atoms. The van der Waals surface area contributed by atoms with Gasteiger partial charge in [0.25, 0.3) is 0 Å². The Labute approximate surface area is 257 Å². The van der Waals surface area contributed by atoms with Gasteiger partial charge in [0.2, 0.25) is 0 Å². The summed E-state index contributed by atoms with van der Waals surface area (Å²) in [5, 5.41) is 11.0. The maximum atomic E-state index is 12.1. The first-order valence-electron chi connectivity index (χ1n) is 13.4. The minimum atomic E-state index is -1.08. The molecule has 0 unspecified atom stereocenters. The number of pyridine rings is 1. The zero-order chi connectivity index (χ0) is 28.1. The number of carboxylic acid groups (broad SMARTS) is 1. The van der Waals surface area contributed by atoms with Crippen molar-refractivity contribution in [3.63, 3.8) is 0 Å². The molecule has 7 heteroatoms. The van der Waals surface area contributed by atoms with Gasteiger partial charge in [-0.25, -0.2) is 14.8 Å². The molecule has 0 atom stereocenters. The molecule has 208 valence electrons. The van der Waals surface area contributed by atoms with E-state index < -0.39 is 5.97 Å². The monoisotopic (exact) mass is 728 g/mol. The van der Waals surface area contributed by atoms with E-state index >= 15 is 0 Å². The fourth-order valence-electron chi connectivity index (χ4n) is 5.62. The van der Waals surface area contributed by atoms with Crippen LogP contribution >= 0.6 is 0 Å². The molecule has 0 saturated heterocycles. The van der Waals surface area contributed by atoms with Crippen molar-refractivity contribution in [2.75, 3.05) is 0 Å². The topological polar surface area (TPSA) is 82.1 Å². The number of carboxylic acids is 1. The van der Waals surface area contributed by atoms with E-state index in [9.17, 15) is 9.90 Å². The predicted octanol–water partition coefficient (Wildman–Crippen LogP) is 7.84. The van der Waals surface area contributed by atoms with Gasteiger partial charge in [0, 0.05) is 37.9 Å². The van der Waals surface area contributed by atoms with Crippen LogP contribution in [0.4, 0.5) is 0 Å². The quantitative estimate of drug-likeness (QED) is 0.195. The second kappa shape index (κ2) is 10.9. The predicted molar refractivity (Wildman–Crippen MR) is 162 cm³/mol. The van der Waals surface area contributed by atoms with Gasteiger partial charge in [-0.05, 0) is 71.8 Å². The number of carbonyl (C=O) groups is 1. The zero-order valence-corrected chi connectivity index (χ0v) is 25.1. The van der Waals surface area contributed by atoms with Crippen molar-refractivity contribution in [3.8, 4) is 39.5 Å². The van der Waals surface area contributed by atoms with E-state index in [2.05, 4.69) is 46.6 Å². The van der Waals surface area contributed by atoms with Crippen LogP contribution in [0.25, 0.3) is 61.4 Å². The van der Waals surface area contributed by atoms with Crippen molar-refractivity contribution in [1.29, 1.82) is 0 Å². The molecule has 7 rings (SSSR count). The molecule has 3 heterocycles. The Kier molecular flexibility index (Phi) is 7.09. The number of aryl methyl sites for hydroxylation is 2. The summed E-state index contributed by atoms with van der Waals surface area (Å²) in [6.07, 6.45) is 1.82. The molecule has 7 aromatic rings. The Morgan fingerprint density at radius 1 is 0.762 bits per heavy atom. The van der Waals surface area contributed by atoms with Gasteiger partial charge in [-0.15, -0.1) is 5.52 Å². The van der Waals surface area contributed by atoms with Crippen LogP contribution in [-0.4, -0.2) is 25.6 Å². The van der Waals surface area contributed by atoms with Gasteiger partial charge in [-0.3, -0.25) is 4.57 Å². The van der Waals surface area contributed by atoms with Crippen molar-refractivity contribution in [1.82, 2.24) is 19.5 Å². The van der Waals surface area contributed by atoms with E-state index in [1.807, 2.05) is 85.1 Å². The molecule has 0 fully saturated rings. The van der Waals surface area contributed by atoms with Gasteiger partial charge in [-0.1, -0.05) is 72.8 Å². The van der Waals surface area contributed by atoms with Crippen LogP contribution in [-0.2, 0) is 21.1 Å². The maximum absolute atomic E-state index is 12.1. The number of fused-ring (bicyclic) bond motifs is 2. The Morgan fingerprint density at radius 2 is 1.50 bits per heavy atom. The van der Waals surface area contributed by atoms with Crippen LogP contribution in [0, 0.1) is 13.8 Å². The summed E-state index contributed by atoms with van der Waals surface area (Å²) >= 11 is 0. The number of imidazole rings is 1. The Hall–Kier alpha value is -4.80. The maximum Gasteiger partial charge on any atom is 0.354 e. The molecule has 42 heavy (non-hydrogen) atoms. The standard InChI is InChI=1S/C35H26N4O2.Pt/c1-21-16-22(2)18-26(17-21)39-31-13-7-11-27(33(31)38-34(39)28-12-6-10-24-14-15-36-32(24)28)29-19-25(20-30(37-29)35(40)41)23-8-4-3-5-9-23;/h3-20H,1-2H3,(H2,36,37,38,40,41);/p-1. The molecule has 0 radical (unpaired) electrons. The zero-order valence-electron chi connectivity index (χ0n) is 22.9. The number of nitrogens with zero attached hydrogens (tertiary/aromatic N) is 4. The Morgan fingerprint density at radius 3 is 2.26 bits per heavy atom. The first kappa shape index (κ1) is 27.4. The summed E-state index contributed by atoms with van der Waals surface area (Å²) in [5.41, 5.74) is 9.73. The average Bonchev–Trinajstić information content (AvgIpc) is 3.62. The smallest absolute Gasteiger partial charge is 0.354 e. The number of hydrogen-bond acceptors (Lipinski definition) is 3. The fraction of sp³-hybridized carbons (Fsp3) is 0.0571. The molecule has 0 amide bonds. The van der Waals surface area contributed by atoms with Crippen molar-refractivity contribution in [2.24, 2.45) is 0 Å². The van der Waals surface area contributed by atoms with Crippen LogP contribution in [0.1, 0.15) is 21.6 Å². The van der Waals surface area contributed by atoms with Crippen molar-refractivity contribution in [2.45, 2.75) is 13.8 Å². The van der Waals surface area contributed by atoms with Crippen LogP contribution in [0.5, 0.6) is 0 Å². The second-order valence-electron chi connectivity index (χ2n) is 10.3. The summed E-state index contributed by atoms with van der Waals surface area (Å²) < 4.78 is 2.17. The Bertz CT molecular complexity index is 2090. The molecule has 0 aliphatic heterocycles. The van der Waals surface area contributed by atoms with E-state index in [4.69, 9.17) is 4.98 Å². The minimum Gasteiger partial charge on any atom is -0.663 e. The molecule has 4 aromatic carbocycles. The summed E-state index contributed by atoms with van der Waals surface area (Å²) in [6.45, 7) is 4.18. The van der Waals surface area contributed by atoms with Crippen molar-refractivity contribution < 1.29 is 31.0 Å². The third kappa shape index (κ3) is 4.74. The molecule has 3 aromatic heterocycles. The molecule has 0 aliphatic rings. The van der Waals surface area contributed by atoms with Gasteiger partial charge in [-0.2, -0.15) is 6.20 Å². The number of hydrogen-bond donors (Lipinski definition) is 1. The number of rotatable bonds is 5. The fourth-order valence-corrected chi connectivity index (χ4v) is 5.62. The number of aromatic carboxylic acids is 1. The van der Waals surface area contributed by atoms with E-state index in [-0.39, 0.29) is 26.8 Å². The normalized spacial score (nSPS) is 11.1. The summed E-state index contributed by atoms with van der Waals surface area (Å²) in [6, 6.07) is 33.8. The summed E-state index contributed by atoms with van der Waals surface area (Å²) in [4.78, 5) is 26.6. The molecule has 0 bridgehead atoms. The molecule has 0 aliphatic carbocycles. The molecule has 1 N–H and O–H groups in total. The first-order valence-corrected chi connectivity index (χ1v) is 13.4. The van der Waals surface area contributed by atoms with E-state index in [1.165, 1.54) is 0 Å². The molecular formula is C35H25N4O2Pt-. The SMILES string of the molecule is Cc1cc(C)cc(-n2c(-c3cccc4cc[n-]c34)nc3c(-c4cc(-c5ccccc5)cc(C(=O)O)n4)cccc32)c1.[Pt].